The Bertz CT molecular complexity index is 1240. The summed E-state index contributed by atoms with van der Waals surface area (Å²) in [5.41, 5.74) is 1.36. The highest BCUT2D eigenvalue weighted by Crippen LogP contribution is 2.25. The van der Waals surface area contributed by atoms with Crippen molar-refractivity contribution in [3.05, 3.63) is 66.2 Å². The normalized spacial score (nSPS) is 16.7. The van der Waals surface area contributed by atoms with Gasteiger partial charge in [-0.3, -0.25) is 19.4 Å². The predicted octanol–water partition coefficient (Wildman–Crippen LogP) is 1.75. The molecule has 0 bridgehead atoms. The van der Waals surface area contributed by atoms with E-state index in [1.54, 1.807) is 36.7 Å². The summed E-state index contributed by atoms with van der Waals surface area (Å²) in [6, 6.07) is 7.80. The molecule has 0 saturated heterocycles. The standard InChI is InChI=1S/C26H28N6O5/c1-36-19-7-8-20-22(13-19)37-12-11-29-26(35)21(6-2-3-10-28-25(20)34)32-24(33)18-15-30-23(31-16-18)17-5-4-9-27-14-17/h4-5,7-9,13-16,21H,2-3,6,10-12H2,1H3,(H,28,34)(H,29,35)(H,32,33)/t21-/m0/s1. The van der Waals surface area contributed by atoms with E-state index in [1.165, 1.54) is 19.5 Å². The van der Waals surface area contributed by atoms with Gasteiger partial charge in [0.05, 0.1) is 24.8 Å². The lowest BCUT2D eigenvalue weighted by atomic mass is 10.1. The fourth-order valence-electron chi connectivity index (χ4n) is 3.77. The van der Waals surface area contributed by atoms with Crippen molar-refractivity contribution in [2.45, 2.75) is 25.3 Å². The molecule has 3 heterocycles. The highest BCUT2D eigenvalue weighted by molar-refractivity contribution is 5.98. The van der Waals surface area contributed by atoms with Gasteiger partial charge in [-0.1, -0.05) is 0 Å². The highest BCUT2D eigenvalue weighted by atomic mass is 16.5. The molecule has 1 atom stereocenters. The molecule has 0 unspecified atom stereocenters. The van der Waals surface area contributed by atoms with Crippen LogP contribution in [0.4, 0.5) is 0 Å². The minimum atomic E-state index is -0.767. The summed E-state index contributed by atoms with van der Waals surface area (Å²) in [4.78, 5) is 50.9. The van der Waals surface area contributed by atoms with Crippen molar-refractivity contribution in [3.63, 3.8) is 0 Å². The molecule has 0 saturated carbocycles. The molecule has 0 spiro atoms. The molecule has 11 heteroatoms. The van der Waals surface area contributed by atoms with E-state index in [0.717, 1.165) is 5.56 Å². The Morgan fingerprint density at radius 2 is 1.92 bits per heavy atom. The van der Waals surface area contributed by atoms with Gasteiger partial charge in [0.2, 0.25) is 5.91 Å². The quantitative estimate of drug-likeness (QED) is 0.487. The van der Waals surface area contributed by atoms with Crippen molar-refractivity contribution >= 4 is 17.7 Å². The number of pyridine rings is 1. The van der Waals surface area contributed by atoms with Gasteiger partial charge in [-0.2, -0.15) is 0 Å². The van der Waals surface area contributed by atoms with E-state index in [-0.39, 0.29) is 30.5 Å². The van der Waals surface area contributed by atoms with Crippen LogP contribution in [0.5, 0.6) is 11.5 Å². The molecule has 1 aliphatic rings. The smallest absolute Gasteiger partial charge is 0.255 e. The van der Waals surface area contributed by atoms with Crippen molar-refractivity contribution in [1.82, 2.24) is 30.9 Å². The third kappa shape index (κ3) is 6.78. The van der Waals surface area contributed by atoms with E-state index in [0.29, 0.717) is 48.7 Å². The Morgan fingerprint density at radius 3 is 2.68 bits per heavy atom. The van der Waals surface area contributed by atoms with E-state index in [9.17, 15) is 14.4 Å². The number of hydrogen-bond donors (Lipinski definition) is 3. The van der Waals surface area contributed by atoms with Gasteiger partial charge in [0.1, 0.15) is 24.1 Å². The number of carbonyl (C=O) groups is 3. The molecule has 11 nitrogen and oxygen atoms in total. The molecule has 3 N–H and O–H groups in total. The number of nitrogens with zero attached hydrogens (tertiary/aromatic N) is 3. The zero-order valence-corrected chi connectivity index (χ0v) is 20.4. The molecule has 0 aliphatic carbocycles. The van der Waals surface area contributed by atoms with Crippen LogP contribution in [0.3, 0.4) is 0 Å². The zero-order valence-electron chi connectivity index (χ0n) is 20.4. The first-order valence-electron chi connectivity index (χ1n) is 11.9. The second-order valence-electron chi connectivity index (χ2n) is 8.32. The van der Waals surface area contributed by atoms with Crippen molar-refractivity contribution < 1.29 is 23.9 Å². The third-order valence-corrected chi connectivity index (χ3v) is 5.75. The van der Waals surface area contributed by atoms with Crippen LogP contribution in [-0.2, 0) is 4.79 Å². The van der Waals surface area contributed by atoms with E-state index in [2.05, 4.69) is 30.9 Å². The van der Waals surface area contributed by atoms with E-state index in [4.69, 9.17) is 9.47 Å². The molecule has 192 valence electrons. The molecule has 0 radical (unpaired) electrons. The predicted molar refractivity (Wildman–Crippen MR) is 134 cm³/mol. The van der Waals surface area contributed by atoms with Crippen LogP contribution in [0.15, 0.2) is 55.1 Å². The van der Waals surface area contributed by atoms with Crippen molar-refractivity contribution in [2.24, 2.45) is 0 Å². The number of rotatable bonds is 4. The number of fused-ring (bicyclic) bond motifs is 1. The molecular weight excluding hydrogens is 476 g/mol. The Balaban J connectivity index is 1.40. The second kappa shape index (κ2) is 12.4. The number of ether oxygens (including phenoxy) is 2. The second-order valence-corrected chi connectivity index (χ2v) is 8.32. The Kier molecular flexibility index (Phi) is 8.58. The van der Waals surface area contributed by atoms with Crippen LogP contribution in [0.25, 0.3) is 11.4 Å². The first-order valence-corrected chi connectivity index (χ1v) is 11.9. The van der Waals surface area contributed by atoms with Gasteiger partial charge in [0.25, 0.3) is 11.8 Å². The molecular formula is C26H28N6O5. The number of benzene rings is 1. The fraction of sp³-hybridized carbons (Fsp3) is 0.308. The van der Waals surface area contributed by atoms with Crippen molar-refractivity contribution in [2.75, 3.05) is 26.8 Å². The largest absolute Gasteiger partial charge is 0.497 e. The molecule has 1 aliphatic heterocycles. The molecule has 4 rings (SSSR count). The van der Waals surface area contributed by atoms with E-state index < -0.39 is 11.9 Å². The summed E-state index contributed by atoms with van der Waals surface area (Å²) in [5.74, 6) is 0.334. The van der Waals surface area contributed by atoms with Gasteiger partial charge < -0.3 is 25.4 Å². The lowest BCUT2D eigenvalue weighted by Crippen LogP contribution is -2.47. The average Bonchev–Trinajstić information content (AvgIpc) is 2.94. The van der Waals surface area contributed by atoms with E-state index in [1.807, 2.05) is 6.07 Å². The minimum absolute atomic E-state index is 0.128. The van der Waals surface area contributed by atoms with Crippen LogP contribution in [0.1, 0.15) is 40.0 Å². The number of carbonyl (C=O) groups excluding carboxylic acids is 3. The van der Waals surface area contributed by atoms with E-state index >= 15 is 0 Å². The van der Waals surface area contributed by atoms with Crippen LogP contribution in [0.2, 0.25) is 0 Å². The molecule has 1 aromatic carbocycles. The molecule has 2 aromatic heterocycles. The SMILES string of the molecule is COc1ccc2c(c1)OCCNC(=O)[C@@H](NC(=O)c1cnc(-c3cccnc3)nc1)CCCCNC2=O. The Morgan fingerprint density at radius 1 is 1.08 bits per heavy atom. The monoisotopic (exact) mass is 504 g/mol. The number of methoxy groups -OCH3 is 1. The summed E-state index contributed by atoms with van der Waals surface area (Å²) in [7, 11) is 1.53. The number of nitrogens with one attached hydrogen (secondary N) is 3. The third-order valence-electron chi connectivity index (χ3n) is 5.75. The molecule has 3 amide bonds. The maximum Gasteiger partial charge on any atom is 0.255 e. The van der Waals surface area contributed by atoms with Gasteiger partial charge in [0.15, 0.2) is 5.82 Å². The van der Waals surface area contributed by atoms with Crippen LogP contribution in [0, 0.1) is 0 Å². The first kappa shape index (κ1) is 25.5. The van der Waals surface area contributed by atoms with Crippen LogP contribution < -0.4 is 25.4 Å². The Hall–Kier alpha value is -4.54. The topological polar surface area (TPSA) is 144 Å². The maximum atomic E-state index is 12.9. The number of hydrogen-bond acceptors (Lipinski definition) is 8. The number of amides is 3. The summed E-state index contributed by atoms with van der Waals surface area (Å²) in [5, 5.41) is 8.44. The molecule has 3 aromatic rings. The van der Waals surface area contributed by atoms with Crippen molar-refractivity contribution in [3.8, 4) is 22.9 Å². The molecule has 37 heavy (non-hydrogen) atoms. The summed E-state index contributed by atoms with van der Waals surface area (Å²) in [6.45, 7) is 0.728. The summed E-state index contributed by atoms with van der Waals surface area (Å²) >= 11 is 0. The average molecular weight is 505 g/mol. The number of aromatic nitrogens is 3. The highest BCUT2D eigenvalue weighted by Gasteiger charge is 2.22. The van der Waals surface area contributed by atoms with Gasteiger partial charge >= 0.3 is 0 Å². The zero-order chi connectivity index (χ0) is 26.0. The summed E-state index contributed by atoms with van der Waals surface area (Å²) in [6.07, 6.45) is 7.76. The minimum Gasteiger partial charge on any atom is -0.497 e. The van der Waals surface area contributed by atoms with Gasteiger partial charge in [0, 0.05) is 43.0 Å². The lowest BCUT2D eigenvalue weighted by Gasteiger charge is -2.20. The van der Waals surface area contributed by atoms with Crippen LogP contribution in [-0.4, -0.2) is 65.5 Å². The van der Waals surface area contributed by atoms with Gasteiger partial charge in [-0.25, -0.2) is 9.97 Å². The Labute approximate surface area is 214 Å². The first-order chi connectivity index (χ1) is 18.0. The molecule has 0 fully saturated rings. The van der Waals surface area contributed by atoms with Gasteiger partial charge in [-0.15, -0.1) is 0 Å². The van der Waals surface area contributed by atoms with Crippen LogP contribution >= 0.6 is 0 Å². The lowest BCUT2D eigenvalue weighted by molar-refractivity contribution is -0.123. The van der Waals surface area contributed by atoms with Gasteiger partial charge in [-0.05, 0) is 43.5 Å². The summed E-state index contributed by atoms with van der Waals surface area (Å²) < 4.78 is 11.0. The van der Waals surface area contributed by atoms with Crippen molar-refractivity contribution in [1.29, 1.82) is 0 Å². The fourth-order valence-corrected chi connectivity index (χ4v) is 3.77. The maximum absolute atomic E-state index is 12.9.